The summed E-state index contributed by atoms with van der Waals surface area (Å²) >= 11 is 1.46. The lowest BCUT2D eigenvalue weighted by atomic mass is 9.95. The van der Waals surface area contributed by atoms with Crippen molar-refractivity contribution in [1.82, 2.24) is 0 Å². The van der Waals surface area contributed by atoms with Gasteiger partial charge < -0.3 is 9.47 Å². The van der Waals surface area contributed by atoms with E-state index in [1.54, 1.807) is 7.11 Å². The Balaban J connectivity index is 1.83. The molecule has 3 rings (SSSR count). The van der Waals surface area contributed by atoms with Gasteiger partial charge in [0.1, 0.15) is 0 Å². The lowest BCUT2D eigenvalue weighted by molar-refractivity contribution is -0.112. The number of carbonyl (C=O) groups excluding carboxylic acids is 1. The van der Waals surface area contributed by atoms with Gasteiger partial charge in [-0.2, -0.15) is 0 Å². The quantitative estimate of drug-likeness (QED) is 0.837. The molecule has 3 nitrogen and oxygen atoms in total. The van der Waals surface area contributed by atoms with Gasteiger partial charge in [0.2, 0.25) is 0 Å². The van der Waals surface area contributed by atoms with Crippen LogP contribution in [0.2, 0.25) is 0 Å². The van der Waals surface area contributed by atoms with Gasteiger partial charge in [-0.3, -0.25) is 4.79 Å². The highest BCUT2D eigenvalue weighted by molar-refractivity contribution is 8.13. The minimum Gasteiger partial charge on any atom is -0.493 e. The van der Waals surface area contributed by atoms with E-state index in [4.69, 9.17) is 9.47 Å². The normalized spacial score (nSPS) is 23.3. The molecule has 21 heavy (non-hydrogen) atoms. The van der Waals surface area contributed by atoms with Gasteiger partial charge in [-0.1, -0.05) is 17.8 Å². The molecule has 1 heterocycles. The Hall–Kier alpha value is -1.16. The number of methoxy groups -OCH3 is 1. The summed E-state index contributed by atoms with van der Waals surface area (Å²) in [6.07, 6.45) is 7.06. The maximum Gasteiger partial charge on any atom is 0.196 e. The van der Waals surface area contributed by atoms with Gasteiger partial charge in [0, 0.05) is 5.75 Å². The minimum absolute atomic E-state index is 0.0144. The van der Waals surface area contributed by atoms with Crippen LogP contribution in [0.15, 0.2) is 18.2 Å². The zero-order valence-electron chi connectivity index (χ0n) is 12.5. The van der Waals surface area contributed by atoms with Crippen molar-refractivity contribution in [3.63, 3.8) is 0 Å². The van der Waals surface area contributed by atoms with Gasteiger partial charge >= 0.3 is 0 Å². The fraction of sp³-hybridized carbons (Fsp3) is 0.588. The summed E-state index contributed by atoms with van der Waals surface area (Å²) in [5.41, 5.74) is 1.07. The molecule has 2 aliphatic rings. The van der Waals surface area contributed by atoms with E-state index in [1.165, 1.54) is 24.6 Å². The van der Waals surface area contributed by atoms with Crippen LogP contribution in [0, 0.1) is 0 Å². The molecule has 1 unspecified atom stereocenters. The molecule has 0 N–H and O–H groups in total. The van der Waals surface area contributed by atoms with Crippen LogP contribution in [0.1, 0.15) is 50.0 Å². The predicted molar refractivity (Wildman–Crippen MR) is 85.3 cm³/mol. The zero-order valence-corrected chi connectivity index (χ0v) is 13.3. The van der Waals surface area contributed by atoms with Crippen molar-refractivity contribution in [2.45, 2.75) is 50.5 Å². The molecule has 114 valence electrons. The molecule has 1 aromatic carbocycles. The maximum atomic E-state index is 12.1. The van der Waals surface area contributed by atoms with E-state index in [2.05, 4.69) is 0 Å². The fourth-order valence-corrected chi connectivity index (χ4v) is 4.14. The van der Waals surface area contributed by atoms with Crippen molar-refractivity contribution in [3.8, 4) is 11.5 Å². The molecule has 1 saturated carbocycles. The summed E-state index contributed by atoms with van der Waals surface area (Å²) in [4.78, 5) is 12.1. The van der Waals surface area contributed by atoms with Crippen molar-refractivity contribution in [2.75, 3.05) is 12.9 Å². The monoisotopic (exact) mass is 306 g/mol. The van der Waals surface area contributed by atoms with Gasteiger partial charge in [0.15, 0.2) is 16.6 Å². The Kier molecular flexibility index (Phi) is 4.73. The van der Waals surface area contributed by atoms with E-state index in [0.29, 0.717) is 11.2 Å². The summed E-state index contributed by atoms with van der Waals surface area (Å²) in [6.45, 7) is 0. The average Bonchev–Trinajstić information content (AvgIpc) is 3.01. The molecule has 1 atom stereocenters. The van der Waals surface area contributed by atoms with Crippen LogP contribution in [0.25, 0.3) is 0 Å². The summed E-state index contributed by atoms with van der Waals surface area (Å²) in [6, 6.07) is 5.96. The van der Waals surface area contributed by atoms with Crippen LogP contribution < -0.4 is 9.47 Å². The summed E-state index contributed by atoms with van der Waals surface area (Å²) in [7, 11) is 1.66. The predicted octanol–water partition coefficient (Wildman–Crippen LogP) is 4.15. The number of hydrogen-bond donors (Lipinski definition) is 0. The Bertz CT molecular complexity index is 509. The number of rotatable bonds is 4. The van der Waals surface area contributed by atoms with Crippen LogP contribution in [0.5, 0.6) is 11.5 Å². The first-order chi connectivity index (χ1) is 10.3. The molecule has 1 aliphatic heterocycles. The van der Waals surface area contributed by atoms with E-state index >= 15 is 0 Å². The third-order valence-electron chi connectivity index (χ3n) is 4.35. The molecular weight excluding hydrogens is 284 g/mol. The first-order valence-corrected chi connectivity index (χ1v) is 8.77. The van der Waals surface area contributed by atoms with Crippen LogP contribution >= 0.6 is 11.8 Å². The summed E-state index contributed by atoms with van der Waals surface area (Å²) < 4.78 is 11.5. The topological polar surface area (TPSA) is 35.5 Å². The molecule has 0 radical (unpaired) electrons. The second-order valence-corrected chi connectivity index (χ2v) is 6.90. The average molecular weight is 306 g/mol. The highest BCUT2D eigenvalue weighted by Crippen LogP contribution is 2.38. The molecule has 2 fully saturated rings. The van der Waals surface area contributed by atoms with Crippen molar-refractivity contribution in [1.29, 1.82) is 0 Å². The third kappa shape index (κ3) is 3.37. The maximum absolute atomic E-state index is 12.1. The largest absolute Gasteiger partial charge is 0.493 e. The van der Waals surface area contributed by atoms with Gasteiger partial charge in [-0.15, -0.1) is 0 Å². The lowest BCUT2D eigenvalue weighted by Crippen LogP contribution is -2.16. The highest BCUT2D eigenvalue weighted by atomic mass is 32.2. The number of hydrogen-bond acceptors (Lipinski definition) is 4. The highest BCUT2D eigenvalue weighted by Gasteiger charge is 2.26. The van der Waals surface area contributed by atoms with Gasteiger partial charge in [0.05, 0.1) is 19.1 Å². The van der Waals surface area contributed by atoms with E-state index in [-0.39, 0.29) is 5.92 Å². The van der Waals surface area contributed by atoms with Crippen molar-refractivity contribution < 1.29 is 14.3 Å². The Labute approximate surface area is 130 Å². The molecule has 0 aromatic heterocycles. The van der Waals surface area contributed by atoms with Crippen LogP contribution in [0.4, 0.5) is 0 Å². The molecule has 0 spiro atoms. The molecule has 1 saturated heterocycles. The zero-order chi connectivity index (χ0) is 14.7. The SMILES string of the molecule is COc1ccc(C2CCCSC2=O)cc1OC1CCCC1. The lowest BCUT2D eigenvalue weighted by Gasteiger charge is -2.22. The molecule has 0 bridgehead atoms. The Morgan fingerprint density at radius 1 is 1.10 bits per heavy atom. The standard InChI is InChI=1S/C17H22O3S/c1-19-15-9-8-12(14-7-4-10-21-17(14)18)11-16(15)20-13-5-2-3-6-13/h8-9,11,13-14H,2-7,10H2,1H3. The molecular formula is C17H22O3S. The molecule has 1 aromatic rings. The number of benzene rings is 1. The van der Waals surface area contributed by atoms with Crippen LogP contribution in [-0.4, -0.2) is 24.1 Å². The van der Waals surface area contributed by atoms with Crippen molar-refractivity contribution in [3.05, 3.63) is 23.8 Å². The van der Waals surface area contributed by atoms with Gasteiger partial charge in [0.25, 0.3) is 0 Å². The molecule has 0 amide bonds. The first kappa shape index (κ1) is 14.8. The first-order valence-electron chi connectivity index (χ1n) is 7.79. The van der Waals surface area contributed by atoms with E-state index < -0.39 is 0 Å². The smallest absolute Gasteiger partial charge is 0.196 e. The second kappa shape index (κ2) is 6.73. The van der Waals surface area contributed by atoms with E-state index in [1.807, 2.05) is 18.2 Å². The van der Waals surface area contributed by atoms with Crippen molar-refractivity contribution >= 4 is 16.9 Å². The van der Waals surface area contributed by atoms with Crippen LogP contribution in [-0.2, 0) is 4.79 Å². The second-order valence-electron chi connectivity index (χ2n) is 5.80. The van der Waals surface area contributed by atoms with E-state index in [0.717, 1.165) is 48.5 Å². The van der Waals surface area contributed by atoms with Gasteiger partial charge in [-0.25, -0.2) is 0 Å². The van der Waals surface area contributed by atoms with E-state index in [9.17, 15) is 4.79 Å². The Morgan fingerprint density at radius 2 is 1.90 bits per heavy atom. The molecule has 1 aliphatic carbocycles. The van der Waals surface area contributed by atoms with Crippen LogP contribution in [0.3, 0.4) is 0 Å². The molecule has 4 heteroatoms. The summed E-state index contributed by atoms with van der Waals surface area (Å²) in [5, 5.41) is 0.290. The number of thioether (sulfide) groups is 1. The summed E-state index contributed by atoms with van der Waals surface area (Å²) in [5.74, 6) is 2.53. The number of ether oxygens (including phenoxy) is 2. The fourth-order valence-electron chi connectivity index (χ4n) is 3.17. The third-order valence-corrected chi connectivity index (χ3v) is 5.41. The number of carbonyl (C=O) groups is 1. The Morgan fingerprint density at radius 3 is 2.62 bits per heavy atom. The van der Waals surface area contributed by atoms with Crippen molar-refractivity contribution in [2.24, 2.45) is 0 Å². The van der Waals surface area contributed by atoms with Gasteiger partial charge in [-0.05, 0) is 56.2 Å². The minimum atomic E-state index is 0.0144.